The maximum Gasteiger partial charge on any atom is 0.251 e. The molecule has 29 heavy (non-hydrogen) atoms. The van der Waals surface area contributed by atoms with Crippen molar-refractivity contribution >= 4 is 11.8 Å². The average Bonchev–Trinajstić information content (AvgIpc) is 2.76. The van der Waals surface area contributed by atoms with Crippen molar-refractivity contribution in [3.63, 3.8) is 0 Å². The minimum Gasteiger partial charge on any atom is -0.489 e. The Bertz CT molecular complexity index is 936. The number of rotatable bonds is 8. The van der Waals surface area contributed by atoms with Gasteiger partial charge in [-0.3, -0.25) is 9.59 Å². The minimum absolute atomic E-state index is 0.0803. The van der Waals surface area contributed by atoms with E-state index in [4.69, 9.17) is 4.74 Å². The molecule has 0 fully saturated rings. The highest BCUT2D eigenvalue weighted by Gasteiger charge is 2.06. The molecule has 2 N–H and O–H groups in total. The summed E-state index contributed by atoms with van der Waals surface area (Å²) in [6, 6.07) is 24.9. The zero-order valence-corrected chi connectivity index (χ0v) is 16.4. The van der Waals surface area contributed by atoms with Gasteiger partial charge < -0.3 is 15.4 Å². The van der Waals surface area contributed by atoms with E-state index in [1.54, 1.807) is 12.1 Å². The molecule has 148 valence electrons. The molecule has 0 aromatic heterocycles. The van der Waals surface area contributed by atoms with Crippen molar-refractivity contribution in [3.8, 4) is 5.75 Å². The molecule has 3 aromatic carbocycles. The molecule has 0 unspecified atom stereocenters. The third-order valence-corrected chi connectivity index (χ3v) is 4.38. The Labute approximate surface area is 170 Å². The number of nitrogens with one attached hydrogen (secondary N) is 2. The van der Waals surface area contributed by atoms with Gasteiger partial charge in [-0.1, -0.05) is 54.6 Å². The normalized spacial score (nSPS) is 10.2. The number of benzene rings is 3. The molecule has 0 aliphatic heterocycles. The standard InChI is InChI=1S/C24H24N2O3/c1-18(27)25-15-19-7-11-22(12-8-19)24(28)26-16-20-9-13-23(14-10-20)29-17-21-5-3-2-4-6-21/h2-14H,15-17H2,1H3,(H,25,27)(H,26,28). The molecule has 0 heterocycles. The molecule has 0 spiro atoms. The second-order valence-corrected chi connectivity index (χ2v) is 6.71. The lowest BCUT2D eigenvalue weighted by Crippen LogP contribution is -2.23. The van der Waals surface area contributed by atoms with Crippen LogP contribution in [-0.4, -0.2) is 11.8 Å². The van der Waals surface area contributed by atoms with Crippen molar-refractivity contribution in [1.29, 1.82) is 0 Å². The van der Waals surface area contributed by atoms with Crippen LogP contribution in [-0.2, 0) is 24.5 Å². The minimum atomic E-state index is -0.138. The van der Waals surface area contributed by atoms with Crippen LogP contribution in [0.15, 0.2) is 78.9 Å². The topological polar surface area (TPSA) is 67.4 Å². The molecule has 0 bridgehead atoms. The number of ether oxygens (including phenoxy) is 1. The number of hydrogen-bond acceptors (Lipinski definition) is 3. The summed E-state index contributed by atoms with van der Waals surface area (Å²) in [6.07, 6.45) is 0. The van der Waals surface area contributed by atoms with Crippen LogP contribution in [0.2, 0.25) is 0 Å². The second kappa shape index (κ2) is 10.1. The summed E-state index contributed by atoms with van der Waals surface area (Å²) >= 11 is 0. The molecule has 0 atom stereocenters. The van der Waals surface area contributed by atoms with Crippen molar-refractivity contribution in [2.24, 2.45) is 0 Å². The van der Waals surface area contributed by atoms with Crippen LogP contribution < -0.4 is 15.4 Å². The van der Waals surface area contributed by atoms with E-state index in [1.807, 2.05) is 66.7 Å². The molecular weight excluding hydrogens is 364 g/mol. The van der Waals surface area contributed by atoms with Gasteiger partial charge in [0.15, 0.2) is 0 Å². The molecule has 2 amide bonds. The predicted octanol–water partition coefficient (Wildman–Crippen LogP) is 3.83. The zero-order chi connectivity index (χ0) is 20.5. The van der Waals surface area contributed by atoms with Crippen molar-refractivity contribution in [2.45, 2.75) is 26.6 Å². The Balaban J connectivity index is 1.46. The van der Waals surface area contributed by atoms with E-state index in [2.05, 4.69) is 10.6 Å². The number of carbonyl (C=O) groups excluding carboxylic acids is 2. The first-order chi connectivity index (χ1) is 14.1. The summed E-state index contributed by atoms with van der Waals surface area (Å²) in [6.45, 7) is 2.89. The summed E-state index contributed by atoms with van der Waals surface area (Å²) in [5.74, 6) is 0.572. The van der Waals surface area contributed by atoms with Crippen molar-refractivity contribution in [3.05, 3.63) is 101 Å². The van der Waals surface area contributed by atoms with Crippen molar-refractivity contribution in [1.82, 2.24) is 10.6 Å². The van der Waals surface area contributed by atoms with E-state index in [0.717, 1.165) is 22.4 Å². The van der Waals surface area contributed by atoms with Gasteiger partial charge in [0.25, 0.3) is 5.91 Å². The molecule has 5 heteroatoms. The Hall–Kier alpha value is -3.60. The average molecular weight is 388 g/mol. The van der Waals surface area contributed by atoms with Crippen molar-refractivity contribution in [2.75, 3.05) is 0 Å². The summed E-state index contributed by atoms with van der Waals surface area (Å²) in [5.41, 5.74) is 3.64. The van der Waals surface area contributed by atoms with Gasteiger partial charge in [-0.05, 0) is 41.0 Å². The van der Waals surface area contributed by atoms with Gasteiger partial charge in [0, 0.05) is 25.6 Å². The molecule has 3 aromatic rings. The first-order valence-electron chi connectivity index (χ1n) is 9.47. The molecule has 0 saturated heterocycles. The quantitative estimate of drug-likeness (QED) is 0.616. The smallest absolute Gasteiger partial charge is 0.251 e. The lowest BCUT2D eigenvalue weighted by atomic mass is 10.1. The van der Waals surface area contributed by atoms with E-state index in [-0.39, 0.29) is 11.8 Å². The predicted molar refractivity (Wildman–Crippen MR) is 112 cm³/mol. The molecule has 5 nitrogen and oxygen atoms in total. The first kappa shape index (κ1) is 20.1. The molecular formula is C24H24N2O3. The SMILES string of the molecule is CC(=O)NCc1ccc(C(=O)NCc2ccc(OCc3ccccc3)cc2)cc1. The maximum absolute atomic E-state index is 12.3. The Morgan fingerprint density at radius 2 is 1.31 bits per heavy atom. The van der Waals surface area contributed by atoms with E-state index in [9.17, 15) is 9.59 Å². The van der Waals surface area contributed by atoms with Gasteiger partial charge in [-0.25, -0.2) is 0 Å². The van der Waals surface area contributed by atoms with E-state index >= 15 is 0 Å². The number of hydrogen-bond donors (Lipinski definition) is 2. The van der Waals surface area contributed by atoms with Gasteiger partial charge in [-0.15, -0.1) is 0 Å². The monoisotopic (exact) mass is 388 g/mol. The van der Waals surface area contributed by atoms with Gasteiger partial charge in [0.05, 0.1) is 0 Å². The van der Waals surface area contributed by atoms with Gasteiger partial charge in [-0.2, -0.15) is 0 Å². The Morgan fingerprint density at radius 3 is 1.93 bits per heavy atom. The summed E-state index contributed by atoms with van der Waals surface area (Å²) in [5, 5.41) is 5.64. The summed E-state index contributed by atoms with van der Waals surface area (Å²) in [4.78, 5) is 23.3. The van der Waals surface area contributed by atoms with Gasteiger partial charge in [0.2, 0.25) is 5.91 Å². The summed E-state index contributed by atoms with van der Waals surface area (Å²) < 4.78 is 5.77. The van der Waals surface area contributed by atoms with Crippen LogP contribution >= 0.6 is 0 Å². The lowest BCUT2D eigenvalue weighted by molar-refractivity contribution is -0.119. The highest BCUT2D eigenvalue weighted by Crippen LogP contribution is 2.14. The van der Waals surface area contributed by atoms with Crippen LogP contribution in [0.25, 0.3) is 0 Å². The first-order valence-corrected chi connectivity index (χ1v) is 9.47. The fourth-order valence-electron chi connectivity index (χ4n) is 2.73. The van der Waals surface area contributed by atoms with Crippen molar-refractivity contribution < 1.29 is 14.3 Å². The van der Waals surface area contributed by atoms with Gasteiger partial charge in [0.1, 0.15) is 12.4 Å². The molecule has 0 aliphatic carbocycles. The summed E-state index contributed by atoms with van der Waals surface area (Å²) in [7, 11) is 0. The zero-order valence-electron chi connectivity index (χ0n) is 16.4. The third kappa shape index (κ3) is 6.50. The Morgan fingerprint density at radius 1 is 0.724 bits per heavy atom. The molecule has 3 rings (SSSR count). The highest BCUT2D eigenvalue weighted by atomic mass is 16.5. The maximum atomic E-state index is 12.3. The van der Waals surface area contributed by atoms with Crippen LogP contribution in [0.1, 0.15) is 34.0 Å². The van der Waals surface area contributed by atoms with Crippen LogP contribution in [0, 0.1) is 0 Å². The lowest BCUT2D eigenvalue weighted by Gasteiger charge is -2.09. The third-order valence-electron chi connectivity index (χ3n) is 4.38. The van der Waals surface area contributed by atoms with E-state index in [0.29, 0.717) is 25.3 Å². The highest BCUT2D eigenvalue weighted by molar-refractivity contribution is 5.94. The van der Waals surface area contributed by atoms with Crippen LogP contribution in [0.3, 0.4) is 0 Å². The Kier molecular flexibility index (Phi) is 7.00. The fourth-order valence-corrected chi connectivity index (χ4v) is 2.73. The van der Waals surface area contributed by atoms with E-state index in [1.165, 1.54) is 6.92 Å². The number of carbonyl (C=O) groups is 2. The van der Waals surface area contributed by atoms with Gasteiger partial charge >= 0.3 is 0 Å². The second-order valence-electron chi connectivity index (χ2n) is 6.71. The molecule has 0 saturated carbocycles. The molecule has 0 radical (unpaired) electrons. The molecule has 0 aliphatic rings. The van der Waals surface area contributed by atoms with Crippen LogP contribution in [0.5, 0.6) is 5.75 Å². The largest absolute Gasteiger partial charge is 0.489 e. The van der Waals surface area contributed by atoms with E-state index < -0.39 is 0 Å². The fraction of sp³-hybridized carbons (Fsp3) is 0.167. The number of amides is 2. The van der Waals surface area contributed by atoms with Crippen LogP contribution in [0.4, 0.5) is 0 Å².